The lowest BCUT2D eigenvalue weighted by atomic mass is 10.1. The fourth-order valence-electron chi connectivity index (χ4n) is 3.40. The molecule has 4 rings (SSSR count). The molecule has 3 heterocycles. The number of anilines is 2. The zero-order valence-electron chi connectivity index (χ0n) is 12.9. The molecule has 2 aliphatic heterocycles. The Bertz CT molecular complexity index is 553. The monoisotopic (exact) mass is 301 g/mol. The van der Waals surface area contributed by atoms with Gasteiger partial charge in [-0.3, -0.25) is 4.79 Å². The van der Waals surface area contributed by atoms with Crippen LogP contribution in [-0.4, -0.2) is 53.0 Å². The number of aromatic nitrogens is 2. The minimum atomic E-state index is 0.132. The highest BCUT2D eigenvalue weighted by Gasteiger charge is 2.33. The van der Waals surface area contributed by atoms with Crippen molar-refractivity contribution in [2.24, 2.45) is 5.92 Å². The first-order chi connectivity index (χ1) is 10.8. The van der Waals surface area contributed by atoms with E-state index in [-0.39, 0.29) is 5.92 Å². The van der Waals surface area contributed by atoms with E-state index in [1.807, 2.05) is 11.0 Å². The maximum absolute atomic E-state index is 12.5. The van der Waals surface area contributed by atoms with Crippen LogP contribution in [-0.2, 0) is 4.79 Å². The second-order valence-corrected chi connectivity index (χ2v) is 6.64. The van der Waals surface area contributed by atoms with Gasteiger partial charge in [0.25, 0.3) is 0 Å². The second kappa shape index (κ2) is 5.74. The molecule has 2 saturated heterocycles. The molecule has 0 aromatic carbocycles. The lowest BCUT2D eigenvalue weighted by molar-refractivity contribution is -0.133. The standard InChI is InChI=1S/C16H23N5O/c22-16(20-6-1-2-7-20)12-5-8-21(10-12)15-9-14(17-11-18-15)19-13-3-4-13/h9,11-13H,1-8,10H2,(H,17,18,19). The predicted molar refractivity (Wildman–Crippen MR) is 84.8 cm³/mol. The first-order valence-electron chi connectivity index (χ1n) is 8.42. The van der Waals surface area contributed by atoms with Crippen LogP contribution in [0, 0.1) is 5.92 Å². The summed E-state index contributed by atoms with van der Waals surface area (Å²) >= 11 is 0. The maximum Gasteiger partial charge on any atom is 0.227 e. The van der Waals surface area contributed by atoms with E-state index in [1.165, 1.54) is 12.8 Å². The van der Waals surface area contributed by atoms with E-state index in [4.69, 9.17) is 0 Å². The Morgan fingerprint density at radius 3 is 2.73 bits per heavy atom. The summed E-state index contributed by atoms with van der Waals surface area (Å²) in [5.41, 5.74) is 0. The Balaban J connectivity index is 1.40. The number of carbonyl (C=O) groups is 1. The maximum atomic E-state index is 12.5. The highest BCUT2D eigenvalue weighted by atomic mass is 16.2. The molecule has 22 heavy (non-hydrogen) atoms. The van der Waals surface area contributed by atoms with Gasteiger partial charge in [-0.2, -0.15) is 0 Å². The van der Waals surface area contributed by atoms with Crippen molar-refractivity contribution in [3.8, 4) is 0 Å². The summed E-state index contributed by atoms with van der Waals surface area (Å²) in [7, 11) is 0. The van der Waals surface area contributed by atoms with Crippen molar-refractivity contribution in [1.82, 2.24) is 14.9 Å². The summed E-state index contributed by atoms with van der Waals surface area (Å²) in [6.07, 6.45) is 7.33. The van der Waals surface area contributed by atoms with Crippen molar-refractivity contribution in [3.05, 3.63) is 12.4 Å². The third kappa shape index (κ3) is 2.87. The highest BCUT2D eigenvalue weighted by molar-refractivity contribution is 5.80. The minimum Gasteiger partial charge on any atom is -0.367 e. The van der Waals surface area contributed by atoms with E-state index in [1.54, 1.807) is 6.33 Å². The number of amides is 1. The van der Waals surface area contributed by atoms with Crippen molar-refractivity contribution >= 4 is 17.5 Å². The summed E-state index contributed by atoms with van der Waals surface area (Å²) in [6, 6.07) is 2.60. The Morgan fingerprint density at radius 2 is 1.95 bits per heavy atom. The molecule has 1 saturated carbocycles. The fraction of sp³-hybridized carbons (Fsp3) is 0.688. The lowest BCUT2D eigenvalue weighted by Crippen LogP contribution is -2.35. The third-order valence-electron chi connectivity index (χ3n) is 4.86. The largest absolute Gasteiger partial charge is 0.367 e. The average Bonchev–Trinajstić information content (AvgIpc) is 3.06. The molecule has 1 aliphatic carbocycles. The van der Waals surface area contributed by atoms with Crippen LogP contribution in [0.4, 0.5) is 11.6 Å². The molecule has 1 unspecified atom stereocenters. The van der Waals surface area contributed by atoms with Crippen LogP contribution in [0.1, 0.15) is 32.1 Å². The molecule has 1 N–H and O–H groups in total. The van der Waals surface area contributed by atoms with Crippen LogP contribution in [0.2, 0.25) is 0 Å². The summed E-state index contributed by atoms with van der Waals surface area (Å²) in [4.78, 5) is 25.4. The van der Waals surface area contributed by atoms with Crippen LogP contribution in [0.3, 0.4) is 0 Å². The molecular formula is C16H23N5O. The van der Waals surface area contributed by atoms with E-state index < -0.39 is 0 Å². The van der Waals surface area contributed by atoms with Gasteiger partial charge >= 0.3 is 0 Å². The smallest absolute Gasteiger partial charge is 0.227 e. The molecule has 1 atom stereocenters. The summed E-state index contributed by atoms with van der Waals surface area (Å²) in [5, 5.41) is 3.41. The molecule has 3 aliphatic rings. The summed E-state index contributed by atoms with van der Waals surface area (Å²) in [5.74, 6) is 2.31. The van der Waals surface area contributed by atoms with Gasteiger partial charge in [0.1, 0.15) is 18.0 Å². The molecule has 1 aromatic rings. The number of likely N-dealkylation sites (tertiary alicyclic amines) is 1. The van der Waals surface area contributed by atoms with E-state index in [0.717, 1.165) is 57.1 Å². The molecule has 1 aromatic heterocycles. The van der Waals surface area contributed by atoms with Gasteiger partial charge in [0.15, 0.2) is 0 Å². The molecule has 1 amide bonds. The zero-order chi connectivity index (χ0) is 14.9. The van der Waals surface area contributed by atoms with Crippen molar-refractivity contribution in [1.29, 1.82) is 0 Å². The van der Waals surface area contributed by atoms with Gasteiger partial charge in [-0.15, -0.1) is 0 Å². The van der Waals surface area contributed by atoms with Crippen LogP contribution in [0.5, 0.6) is 0 Å². The topological polar surface area (TPSA) is 61.4 Å². The van der Waals surface area contributed by atoms with Gasteiger partial charge < -0.3 is 15.1 Å². The molecule has 0 spiro atoms. The van der Waals surface area contributed by atoms with E-state index >= 15 is 0 Å². The third-order valence-corrected chi connectivity index (χ3v) is 4.86. The van der Waals surface area contributed by atoms with E-state index in [2.05, 4.69) is 20.2 Å². The van der Waals surface area contributed by atoms with Crippen molar-refractivity contribution in [2.75, 3.05) is 36.4 Å². The lowest BCUT2D eigenvalue weighted by Gasteiger charge is -2.21. The average molecular weight is 301 g/mol. The molecule has 3 fully saturated rings. The SMILES string of the molecule is O=C(C1CCN(c2cc(NC3CC3)ncn2)C1)N1CCCC1. The number of hydrogen-bond donors (Lipinski definition) is 1. The number of rotatable bonds is 4. The van der Waals surface area contributed by atoms with Crippen LogP contribution >= 0.6 is 0 Å². The van der Waals surface area contributed by atoms with E-state index in [9.17, 15) is 4.79 Å². The van der Waals surface area contributed by atoms with Gasteiger partial charge in [0.05, 0.1) is 5.92 Å². The summed E-state index contributed by atoms with van der Waals surface area (Å²) < 4.78 is 0. The molecule has 6 heteroatoms. The minimum absolute atomic E-state index is 0.132. The van der Waals surface area contributed by atoms with Crippen LogP contribution in [0.15, 0.2) is 12.4 Å². The Hall–Kier alpha value is -1.85. The van der Waals surface area contributed by atoms with E-state index in [0.29, 0.717) is 11.9 Å². The highest BCUT2D eigenvalue weighted by Crippen LogP contribution is 2.28. The molecule has 0 bridgehead atoms. The van der Waals surface area contributed by atoms with Crippen molar-refractivity contribution in [2.45, 2.75) is 38.1 Å². The molecule has 6 nitrogen and oxygen atoms in total. The van der Waals surface area contributed by atoms with Crippen molar-refractivity contribution < 1.29 is 4.79 Å². The van der Waals surface area contributed by atoms with Gasteiger partial charge in [0.2, 0.25) is 5.91 Å². The first-order valence-corrected chi connectivity index (χ1v) is 8.42. The van der Waals surface area contributed by atoms with Gasteiger partial charge in [0, 0.05) is 38.3 Å². The Morgan fingerprint density at radius 1 is 1.14 bits per heavy atom. The normalized spacial score (nSPS) is 24.8. The quantitative estimate of drug-likeness (QED) is 0.913. The predicted octanol–water partition coefficient (Wildman–Crippen LogP) is 1.50. The van der Waals surface area contributed by atoms with Crippen LogP contribution in [0.25, 0.3) is 0 Å². The first kappa shape index (κ1) is 13.8. The zero-order valence-corrected chi connectivity index (χ0v) is 12.9. The molecular weight excluding hydrogens is 278 g/mol. The number of nitrogens with zero attached hydrogens (tertiary/aromatic N) is 4. The van der Waals surface area contributed by atoms with Gasteiger partial charge in [-0.25, -0.2) is 9.97 Å². The van der Waals surface area contributed by atoms with Crippen LogP contribution < -0.4 is 10.2 Å². The molecule has 118 valence electrons. The number of nitrogens with one attached hydrogen (secondary N) is 1. The Labute approximate surface area is 130 Å². The molecule has 0 radical (unpaired) electrons. The summed E-state index contributed by atoms with van der Waals surface area (Å²) in [6.45, 7) is 3.58. The number of hydrogen-bond acceptors (Lipinski definition) is 5. The number of carbonyl (C=O) groups excluding carboxylic acids is 1. The second-order valence-electron chi connectivity index (χ2n) is 6.64. The van der Waals surface area contributed by atoms with Gasteiger partial charge in [-0.1, -0.05) is 0 Å². The van der Waals surface area contributed by atoms with Gasteiger partial charge in [-0.05, 0) is 32.1 Å². The fourth-order valence-corrected chi connectivity index (χ4v) is 3.40. The Kier molecular flexibility index (Phi) is 3.60. The van der Waals surface area contributed by atoms with Crippen molar-refractivity contribution in [3.63, 3.8) is 0 Å².